The fourth-order valence-corrected chi connectivity index (χ4v) is 2.28. The highest BCUT2D eigenvalue weighted by Gasteiger charge is 2.07. The van der Waals surface area contributed by atoms with E-state index in [1.54, 1.807) is 22.8 Å². The standard InChI is InChI=1S/C19H27FN4O3/c1-3-5-7-17-22-18-11-16(8-9-24(18)23-17)27-14-15(12-20)13-21-19(25)26-10-6-4-2/h8-9,11-12H,3-7,10,13-14H2,1-2H3,(H,21,25)/b15-12+. The van der Waals surface area contributed by atoms with Crippen molar-refractivity contribution in [2.45, 2.75) is 46.0 Å². The quantitative estimate of drug-likeness (QED) is 0.601. The number of amides is 1. The van der Waals surface area contributed by atoms with E-state index in [-0.39, 0.29) is 13.2 Å². The average Bonchev–Trinajstić information content (AvgIpc) is 3.08. The van der Waals surface area contributed by atoms with E-state index in [0.717, 1.165) is 37.9 Å². The van der Waals surface area contributed by atoms with Crippen molar-refractivity contribution in [3.8, 4) is 5.75 Å². The van der Waals surface area contributed by atoms with Crippen molar-refractivity contribution in [1.82, 2.24) is 19.9 Å². The molecule has 0 spiro atoms. The van der Waals surface area contributed by atoms with E-state index in [1.807, 2.05) is 6.92 Å². The first kappa shape index (κ1) is 20.7. The van der Waals surface area contributed by atoms with Gasteiger partial charge in [0.15, 0.2) is 11.5 Å². The highest BCUT2D eigenvalue weighted by molar-refractivity contribution is 5.67. The monoisotopic (exact) mass is 378 g/mol. The summed E-state index contributed by atoms with van der Waals surface area (Å²) in [4.78, 5) is 16.0. The van der Waals surface area contributed by atoms with Gasteiger partial charge in [0.1, 0.15) is 12.4 Å². The lowest BCUT2D eigenvalue weighted by molar-refractivity contribution is 0.145. The van der Waals surface area contributed by atoms with E-state index in [2.05, 4.69) is 22.3 Å². The van der Waals surface area contributed by atoms with Crippen LogP contribution in [0.5, 0.6) is 5.75 Å². The van der Waals surface area contributed by atoms with E-state index in [1.165, 1.54) is 0 Å². The maximum atomic E-state index is 13.0. The molecule has 0 fully saturated rings. The molecule has 0 unspecified atom stereocenters. The number of nitrogens with one attached hydrogen (secondary N) is 1. The summed E-state index contributed by atoms with van der Waals surface area (Å²) in [7, 11) is 0. The van der Waals surface area contributed by atoms with Gasteiger partial charge in [-0.15, -0.1) is 0 Å². The molecule has 0 radical (unpaired) electrons. The van der Waals surface area contributed by atoms with Crippen molar-refractivity contribution in [3.05, 3.63) is 36.1 Å². The highest BCUT2D eigenvalue weighted by atomic mass is 19.1. The summed E-state index contributed by atoms with van der Waals surface area (Å²) in [5.74, 6) is 1.35. The van der Waals surface area contributed by atoms with Gasteiger partial charge >= 0.3 is 6.09 Å². The zero-order chi connectivity index (χ0) is 19.5. The van der Waals surface area contributed by atoms with Crippen molar-refractivity contribution in [1.29, 1.82) is 0 Å². The zero-order valence-electron chi connectivity index (χ0n) is 15.9. The number of alkyl carbamates (subject to hydrolysis) is 1. The molecule has 0 saturated carbocycles. The van der Waals surface area contributed by atoms with Crippen LogP contribution in [0.2, 0.25) is 0 Å². The SMILES string of the molecule is CCCCOC(=O)NC/C(=C\F)COc1ccn2nc(CCCC)nc2c1. The number of nitrogens with zero attached hydrogens (tertiary/aromatic N) is 3. The van der Waals surface area contributed by atoms with Gasteiger partial charge in [0.25, 0.3) is 0 Å². The summed E-state index contributed by atoms with van der Waals surface area (Å²) in [6, 6.07) is 3.50. The van der Waals surface area contributed by atoms with Crippen molar-refractivity contribution in [3.63, 3.8) is 0 Å². The second-order valence-electron chi connectivity index (χ2n) is 6.20. The third-order valence-corrected chi connectivity index (χ3v) is 3.88. The van der Waals surface area contributed by atoms with Crippen LogP contribution in [0.15, 0.2) is 30.2 Å². The van der Waals surface area contributed by atoms with Gasteiger partial charge < -0.3 is 14.8 Å². The van der Waals surface area contributed by atoms with Crippen LogP contribution < -0.4 is 10.1 Å². The Labute approximate surface area is 158 Å². The maximum Gasteiger partial charge on any atom is 0.407 e. The molecule has 2 rings (SSSR count). The fourth-order valence-electron chi connectivity index (χ4n) is 2.28. The van der Waals surface area contributed by atoms with Crippen molar-refractivity contribution in [2.24, 2.45) is 0 Å². The Balaban J connectivity index is 1.83. The normalized spacial score (nSPS) is 11.6. The van der Waals surface area contributed by atoms with Crippen molar-refractivity contribution >= 4 is 11.7 Å². The molecule has 2 aromatic heterocycles. The summed E-state index contributed by atoms with van der Waals surface area (Å²) in [6.45, 7) is 4.52. The zero-order valence-corrected chi connectivity index (χ0v) is 15.9. The van der Waals surface area contributed by atoms with Gasteiger partial charge in [-0.25, -0.2) is 18.7 Å². The van der Waals surface area contributed by atoms with Crippen LogP contribution in [-0.2, 0) is 11.2 Å². The summed E-state index contributed by atoms with van der Waals surface area (Å²) in [5, 5.41) is 6.90. The Morgan fingerprint density at radius 3 is 2.89 bits per heavy atom. The molecule has 0 aromatic carbocycles. The number of ether oxygens (including phenoxy) is 2. The van der Waals surface area contributed by atoms with Gasteiger partial charge in [-0.2, -0.15) is 5.10 Å². The Morgan fingerprint density at radius 2 is 2.15 bits per heavy atom. The van der Waals surface area contributed by atoms with Crippen LogP contribution in [0.4, 0.5) is 9.18 Å². The molecular weight excluding hydrogens is 351 g/mol. The van der Waals surface area contributed by atoms with Gasteiger partial charge in [-0.3, -0.25) is 0 Å². The number of aromatic nitrogens is 3. The molecular formula is C19H27FN4O3. The number of carbonyl (C=O) groups is 1. The molecule has 0 atom stereocenters. The second-order valence-corrected chi connectivity index (χ2v) is 6.20. The minimum atomic E-state index is -0.563. The average molecular weight is 378 g/mol. The molecule has 148 valence electrons. The number of halogens is 1. The van der Waals surface area contributed by atoms with Crippen LogP contribution in [0.3, 0.4) is 0 Å². The Kier molecular flexibility index (Phi) is 8.54. The molecule has 8 heteroatoms. The molecule has 27 heavy (non-hydrogen) atoms. The maximum absolute atomic E-state index is 13.0. The van der Waals surface area contributed by atoms with E-state index in [9.17, 15) is 9.18 Å². The number of rotatable bonds is 11. The van der Waals surface area contributed by atoms with E-state index in [0.29, 0.717) is 29.9 Å². The Morgan fingerprint density at radius 1 is 1.33 bits per heavy atom. The number of pyridine rings is 1. The Bertz CT molecular complexity index is 760. The predicted molar refractivity (Wildman–Crippen MR) is 101 cm³/mol. The van der Waals surface area contributed by atoms with Gasteiger partial charge in [-0.05, 0) is 18.9 Å². The van der Waals surface area contributed by atoms with Crippen LogP contribution in [-0.4, -0.2) is 40.4 Å². The summed E-state index contributed by atoms with van der Waals surface area (Å²) < 4.78 is 25.3. The molecule has 2 heterocycles. The first-order valence-corrected chi connectivity index (χ1v) is 9.33. The van der Waals surface area contributed by atoms with Crippen molar-refractivity contribution in [2.75, 3.05) is 19.8 Å². The van der Waals surface area contributed by atoms with E-state index in [4.69, 9.17) is 9.47 Å². The fraction of sp³-hybridized carbons (Fsp3) is 0.526. The lowest BCUT2D eigenvalue weighted by atomic mass is 10.2. The summed E-state index contributed by atoms with van der Waals surface area (Å²) in [6.07, 6.45) is 6.33. The first-order chi connectivity index (χ1) is 13.2. The smallest absolute Gasteiger partial charge is 0.407 e. The van der Waals surface area contributed by atoms with Crippen molar-refractivity contribution < 1.29 is 18.7 Å². The van der Waals surface area contributed by atoms with Crippen LogP contribution >= 0.6 is 0 Å². The van der Waals surface area contributed by atoms with Gasteiger partial charge in [0.2, 0.25) is 0 Å². The van der Waals surface area contributed by atoms with Gasteiger partial charge in [0, 0.05) is 30.8 Å². The van der Waals surface area contributed by atoms with E-state index >= 15 is 0 Å². The predicted octanol–water partition coefficient (Wildman–Crippen LogP) is 3.83. The Hall–Kier alpha value is -2.64. The molecule has 0 aliphatic rings. The summed E-state index contributed by atoms with van der Waals surface area (Å²) in [5.41, 5.74) is 0.981. The van der Waals surface area contributed by atoms with Crippen LogP contribution in [0.1, 0.15) is 45.4 Å². The number of aryl methyl sites for hydroxylation is 1. The lowest BCUT2D eigenvalue weighted by Crippen LogP contribution is -2.28. The number of hydrogen-bond acceptors (Lipinski definition) is 5. The molecule has 0 aliphatic heterocycles. The second kappa shape index (κ2) is 11.2. The minimum absolute atomic E-state index is 0.0126. The molecule has 0 saturated heterocycles. The summed E-state index contributed by atoms with van der Waals surface area (Å²) >= 11 is 0. The number of carbonyl (C=O) groups excluding carboxylic acids is 1. The van der Waals surface area contributed by atoms with E-state index < -0.39 is 6.09 Å². The first-order valence-electron chi connectivity index (χ1n) is 9.33. The number of fused-ring (bicyclic) bond motifs is 1. The van der Waals surface area contributed by atoms with Gasteiger partial charge in [-0.1, -0.05) is 26.7 Å². The molecule has 1 N–H and O–H groups in total. The third-order valence-electron chi connectivity index (χ3n) is 3.88. The van der Waals surface area contributed by atoms with Crippen LogP contribution in [0, 0.1) is 0 Å². The molecule has 0 bridgehead atoms. The molecule has 1 amide bonds. The molecule has 2 aromatic rings. The van der Waals surface area contributed by atoms with Gasteiger partial charge in [0.05, 0.1) is 12.9 Å². The highest BCUT2D eigenvalue weighted by Crippen LogP contribution is 2.15. The molecule has 0 aliphatic carbocycles. The number of hydrogen-bond donors (Lipinski definition) is 1. The largest absolute Gasteiger partial charge is 0.489 e. The minimum Gasteiger partial charge on any atom is -0.489 e. The van der Waals surface area contributed by atoms with Crippen LogP contribution in [0.25, 0.3) is 5.65 Å². The molecule has 7 nitrogen and oxygen atoms in total. The topological polar surface area (TPSA) is 77.8 Å². The lowest BCUT2D eigenvalue weighted by Gasteiger charge is -2.10. The third kappa shape index (κ3) is 6.88. The number of unbranched alkanes of at least 4 members (excludes halogenated alkanes) is 2.